The maximum atomic E-state index is 11.4. The number of hydrogen-bond acceptors (Lipinski definition) is 6. The van der Waals surface area contributed by atoms with Gasteiger partial charge in [-0.25, -0.2) is 14.8 Å². The Hall–Kier alpha value is -2.22. The minimum atomic E-state index is -0.950. The zero-order valence-electron chi connectivity index (χ0n) is 11.4. The van der Waals surface area contributed by atoms with Crippen LogP contribution in [0.1, 0.15) is 21.7 Å². The van der Waals surface area contributed by atoms with Crippen LogP contribution in [0, 0.1) is 6.92 Å². The van der Waals surface area contributed by atoms with Gasteiger partial charge in [-0.15, -0.1) is 11.3 Å². The second kappa shape index (κ2) is 5.28. The van der Waals surface area contributed by atoms with Crippen LogP contribution in [0.3, 0.4) is 0 Å². The lowest BCUT2D eigenvalue weighted by Crippen LogP contribution is -2.29. The smallest absolute Gasteiger partial charge is 0.346 e. The molecule has 0 unspecified atom stereocenters. The first-order chi connectivity index (χ1) is 10.1. The molecule has 0 spiro atoms. The number of aromatic carboxylic acids is 1. The number of anilines is 1. The van der Waals surface area contributed by atoms with Crippen molar-refractivity contribution < 1.29 is 14.7 Å². The molecule has 110 valence electrons. The molecular formula is C13H14N4O3S. The number of nitrogens with zero attached hydrogens (tertiary/aromatic N) is 3. The van der Waals surface area contributed by atoms with E-state index in [4.69, 9.17) is 0 Å². The highest BCUT2D eigenvalue weighted by Crippen LogP contribution is 2.34. The summed E-state index contributed by atoms with van der Waals surface area (Å²) in [7, 11) is 0. The summed E-state index contributed by atoms with van der Waals surface area (Å²) in [6.45, 7) is 3.54. The fraction of sp³-hybridized carbons (Fsp3) is 0.385. The standard InChI is InChI=1S/C13H14N4O3S/c1-7-9-11(17-4-2-8(18)14-3-5-17)15-6-16-12(9)21-10(7)13(19)20/h6H,2-5H2,1H3,(H,14,18)(H,19,20). The first-order valence-electron chi connectivity index (χ1n) is 6.57. The average molecular weight is 306 g/mol. The van der Waals surface area contributed by atoms with Gasteiger partial charge in [-0.3, -0.25) is 4.79 Å². The van der Waals surface area contributed by atoms with Crippen LogP contribution in [0.4, 0.5) is 5.82 Å². The van der Waals surface area contributed by atoms with E-state index in [0.717, 1.165) is 16.7 Å². The van der Waals surface area contributed by atoms with Gasteiger partial charge < -0.3 is 15.3 Å². The van der Waals surface area contributed by atoms with Crippen LogP contribution in [0.25, 0.3) is 10.2 Å². The molecule has 8 heteroatoms. The van der Waals surface area contributed by atoms with E-state index >= 15 is 0 Å². The van der Waals surface area contributed by atoms with E-state index < -0.39 is 5.97 Å². The molecule has 0 aromatic carbocycles. The Kier molecular flexibility index (Phi) is 3.46. The molecule has 0 bridgehead atoms. The second-order valence-electron chi connectivity index (χ2n) is 4.83. The molecule has 1 fully saturated rings. The Bertz CT molecular complexity index is 728. The van der Waals surface area contributed by atoms with Gasteiger partial charge in [0.25, 0.3) is 0 Å². The van der Waals surface area contributed by atoms with Crippen LogP contribution in [0.5, 0.6) is 0 Å². The van der Waals surface area contributed by atoms with Crippen molar-refractivity contribution in [3.63, 3.8) is 0 Å². The molecule has 0 atom stereocenters. The van der Waals surface area contributed by atoms with Crippen molar-refractivity contribution in [2.45, 2.75) is 13.3 Å². The monoisotopic (exact) mass is 306 g/mol. The molecule has 2 aromatic rings. The summed E-state index contributed by atoms with van der Waals surface area (Å²) in [6, 6.07) is 0. The molecule has 1 saturated heterocycles. The van der Waals surface area contributed by atoms with E-state index in [1.165, 1.54) is 6.33 Å². The summed E-state index contributed by atoms with van der Waals surface area (Å²) in [4.78, 5) is 34.2. The normalized spacial score (nSPS) is 15.9. The van der Waals surface area contributed by atoms with Gasteiger partial charge in [0.2, 0.25) is 5.91 Å². The molecule has 0 radical (unpaired) electrons. The van der Waals surface area contributed by atoms with Crippen molar-refractivity contribution >= 4 is 39.2 Å². The molecule has 1 amide bonds. The summed E-state index contributed by atoms with van der Waals surface area (Å²) < 4.78 is 0. The third-order valence-electron chi connectivity index (χ3n) is 3.51. The Morgan fingerprint density at radius 3 is 3.00 bits per heavy atom. The Balaban J connectivity index is 2.10. The average Bonchev–Trinajstić information content (AvgIpc) is 2.65. The number of nitrogens with one attached hydrogen (secondary N) is 1. The number of amides is 1. The van der Waals surface area contributed by atoms with Crippen LogP contribution in [0.15, 0.2) is 6.33 Å². The Morgan fingerprint density at radius 2 is 2.24 bits per heavy atom. The number of carbonyl (C=O) groups is 2. The van der Waals surface area contributed by atoms with E-state index in [9.17, 15) is 14.7 Å². The van der Waals surface area contributed by atoms with E-state index in [2.05, 4.69) is 15.3 Å². The topological polar surface area (TPSA) is 95.4 Å². The molecule has 21 heavy (non-hydrogen) atoms. The summed E-state index contributed by atoms with van der Waals surface area (Å²) in [5.74, 6) is -0.219. The van der Waals surface area contributed by atoms with Crippen molar-refractivity contribution in [1.82, 2.24) is 15.3 Å². The zero-order valence-corrected chi connectivity index (χ0v) is 12.2. The number of aryl methyl sites for hydroxylation is 1. The van der Waals surface area contributed by atoms with Crippen molar-refractivity contribution in [2.24, 2.45) is 0 Å². The molecule has 2 N–H and O–H groups in total. The highest BCUT2D eigenvalue weighted by molar-refractivity contribution is 7.20. The number of carboxylic acids is 1. The predicted molar refractivity (Wildman–Crippen MR) is 79.0 cm³/mol. The third kappa shape index (κ3) is 2.42. The first-order valence-corrected chi connectivity index (χ1v) is 7.38. The molecular weight excluding hydrogens is 292 g/mol. The first kappa shape index (κ1) is 13.7. The van der Waals surface area contributed by atoms with Crippen molar-refractivity contribution in [1.29, 1.82) is 0 Å². The van der Waals surface area contributed by atoms with E-state index in [1.54, 1.807) is 6.92 Å². The van der Waals surface area contributed by atoms with Crippen molar-refractivity contribution in [3.05, 3.63) is 16.8 Å². The van der Waals surface area contributed by atoms with E-state index in [0.29, 0.717) is 42.3 Å². The quantitative estimate of drug-likeness (QED) is 0.860. The minimum absolute atomic E-state index is 0.0241. The van der Waals surface area contributed by atoms with Crippen molar-refractivity contribution in [3.8, 4) is 0 Å². The highest BCUT2D eigenvalue weighted by atomic mass is 32.1. The van der Waals surface area contributed by atoms with Gasteiger partial charge in [0.15, 0.2) is 0 Å². The maximum absolute atomic E-state index is 11.4. The molecule has 7 nitrogen and oxygen atoms in total. The fourth-order valence-electron chi connectivity index (χ4n) is 2.48. The maximum Gasteiger partial charge on any atom is 0.346 e. The van der Waals surface area contributed by atoms with Crippen LogP contribution >= 0.6 is 11.3 Å². The van der Waals surface area contributed by atoms with Gasteiger partial charge >= 0.3 is 5.97 Å². The zero-order chi connectivity index (χ0) is 15.0. The number of fused-ring (bicyclic) bond motifs is 1. The molecule has 1 aliphatic rings. The third-order valence-corrected chi connectivity index (χ3v) is 4.70. The summed E-state index contributed by atoms with van der Waals surface area (Å²) in [5, 5.41) is 12.8. The number of rotatable bonds is 2. The van der Waals surface area contributed by atoms with Gasteiger partial charge in [-0.1, -0.05) is 0 Å². The fourth-order valence-corrected chi connectivity index (χ4v) is 3.46. The number of carbonyl (C=O) groups excluding carboxylic acids is 1. The lowest BCUT2D eigenvalue weighted by Gasteiger charge is -2.21. The number of hydrogen-bond donors (Lipinski definition) is 2. The largest absolute Gasteiger partial charge is 0.477 e. The summed E-state index contributed by atoms with van der Waals surface area (Å²) in [5.41, 5.74) is 0.682. The van der Waals surface area contributed by atoms with Crippen LogP contribution in [-0.4, -0.2) is 46.6 Å². The Morgan fingerprint density at radius 1 is 1.43 bits per heavy atom. The van der Waals surface area contributed by atoms with Crippen LogP contribution in [-0.2, 0) is 4.79 Å². The van der Waals surface area contributed by atoms with Gasteiger partial charge in [-0.05, 0) is 12.5 Å². The van der Waals surface area contributed by atoms with Gasteiger partial charge in [0.1, 0.15) is 21.9 Å². The summed E-state index contributed by atoms with van der Waals surface area (Å²) in [6.07, 6.45) is 1.85. The molecule has 1 aliphatic heterocycles. The second-order valence-corrected chi connectivity index (χ2v) is 5.82. The van der Waals surface area contributed by atoms with E-state index in [1.807, 2.05) is 4.90 Å². The van der Waals surface area contributed by atoms with Gasteiger partial charge in [0.05, 0.1) is 5.39 Å². The number of thiophene rings is 1. The molecule has 0 aliphatic carbocycles. The van der Waals surface area contributed by atoms with Gasteiger partial charge in [-0.2, -0.15) is 0 Å². The number of aromatic nitrogens is 2. The van der Waals surface area contributed by atoms with Crippen LogP contribution in [0.2, 0.25) is 0 Å². The lowest BCUT2D eigenvalue weighted by molar-refractivity contribution is -0.120. The van der Waals surface area contributed by atoms with E-state index in [-0.39, 0.29) is 10.8 Å². The lowest BCUT2D eigenvalue weighted by atomic mass is 10.2. The van der Waals surface area contributed by atoms with Crippen LogP contribution < -0.4 is 10.2 Å². The minimum Gasteiger partial charge on any atom is -0.477 e. The molecule has 3 rings (SSSR count). The van der Waals surface area contributed by atoms with Gasteiger partial charge in [0, 0.05) is 26.1 Å². The highest BCUT2D eigenvalue weighted by Gasteiger charge is 2.22. The van der Waals surface area contributed by atoms with Crippen molar-refractivity contribution in [2.75, 3.05) is 24.5 Å². The SMILES string of the molecule is Cc1c(C(=O)O)sc2ncnc(N3CCNC(=O)CC3)c12. The Labute approximate surface area is 124 Å². The molecule has 2 aromatic heterocycles. The molecule has 3 heterocycles. The molecule has 0 saturated carbocycles. The predicted octanol–water partition coefficient (Wildman–Crippen LogP) is 1.02. The number of carboxylic acid groups (broad SMARTS) is 1. The summed E-state index contributed by atoms with van der Waals surface area (Å²) >= 11 is 1.16.